The molecule has 1 heterocycles. The highest BCUT2D eigenvalue weighted by Crippen LogP contribution is 2.27. The van der Waals surface area contributed by atoms with Crippen molar-refractivity contribution >= 4 is 37.6 Å². The number of ketones is 1. The van der Waals surface area contributed by atoms with Crippen LogP contribution in [-0.4, -0.2) is 5.78 Å². The Morgan fingerprint density at radius 1 is 1.18 bits per heavy atom. The summed E-state index contributed by atoms with van der Waals surface area (Å²) in [6, 6.07) is 3.56. The molecule has 0 N–H and O–H groups in total. The van der Waals surface area contributed by atoms with Crippen molar-refractivity contribution in [1.29, 1.82) is 0 Å². The van der Waals surface area contributed by atoms with Crippen molar-refractivity contribution < 1.29 is 18.0 Å². The summed E-state index contributed by atoms with van der Waals surface area (Å²) in [5.41, 5.74) is -0.539. The van der Waals surface area contributed by atoms with Gasteiger partial charge in [0.05, 0.1) is 21.9 Å². The van der Waals surface area contributed by atoms with Gasteiger partial charge >= 0.3 is 0 Å². The van der Waals surface area contributed by atoms with E-state index in [2.05, 4.69) is 31.9 Å². The van der Waals surface area contributed by atoms with Crippen LogP contribution in [0.1, 0.15) is 15.9 Å². The van der Waals surface area contributed by atoms with E-state index in [-0.39, 0.29) is 14.7 Å². The Bertz CT molecular complexity index is 593. The molecule has 0 saturated heterocycles. The molecule has 0 radical (unpaired) electrons. The average Bonchev–Trinajstić information content (AvgIpc) is 2.70. The van der Waals surface area contributed by atoms with Crippen molar-refractivity contribution in [2.75, 3.05) is 0 Å². The number of rotatable bonds is 2. The SMILES string of the molecule is O=C(c1ccoc1Br)c1c(F)ccc(Br)c1F. The van der Waals surface area contributed by atoms with Crippen molar-refractivity contribution in [1.82, 2.24) is 0 Å². The van der Waals surface area contributed by atoms with Crippen molar-refractivity contribution in [3.8, 4) is 0 Å². The molecular weight excluding hydrogens is 362 g/mol. The van der Waals surface area contributed by atoms with Gasteiger partial charge < -0.3 is 4.42 Å². The summed E-state index contributed by atoms with van der Waals surface area (Å²) in [6.07, 6.45) is 1.26. The minimum absolute atomic E-state index is 0.0295. The molecule has 88 valence electrons. The van der Waals surface area contributed by atoms with Gasteiger partial charge in [-0.1, -0.05) is 0 Å². The quantitative estimate of drug-likeness (QED) is 0.586. The first kappa shape index (κ1) is 12.4. The second kappa shape index (κ2) is 4.70. The minimum Gasteiger partial charge on any atom is -0.457 e. The predicted octanol–water partition coefficient (Wildman–Crippen LogP) is 4.31. The van der Waals surface area contributed by atoms with E-state index < -0.39 is 23.0 Å². The van der Waals surface area contributed by atoms with E-state index in [1.54, 1.807) is 0 Å². The van der Waals surface area contributed by atoms with E-state index in [1.165, 1.54) is 18.4 Å². The van der Waals surface area contributed by atoms with Crippen LogP contribution >= 0.6 is 31.9 Å². The Hall–Kier alpha value is -1.01. The zero-order valence-corrected chi connectivity index (χ0v) is 11.3. The van der Waals surface area contributed by atoms with Crippen LogP contribution in [0.3, 0.4) is 0 Å². The van der Waals surface area contributed by atoms with Crippen molar-refractivity contribution in [2.45, 2.75) is 0 Å². The molecule has 0 bridgehead atoms. The fraction of sp³-hybridized carbons (Fsp3) is 0. The normalized spacial score (nSPS) is 10.6. The molecule has 0 aliphatic heterocycles. The van der Waals surface area contributed by atoms with Crippen LogP contribution < -0.4 is 0 Å². The first-order valence-electron chi connectivity index (χ1n) is 4.43. The molecule has 17 heavy (non-hydrogen) atoms. The lowest BCUT2D eigenvalue weighted by Gasteiger charge is -2.04. The maximum Gasteiger partial charge on any atom is 0.203 e. The summed E-state index contributed by atoms with van der Waals surface area (Å²) >= 11 is 5.89. The van der Waals surface area contributed by atoms with Crippen molar-refractivity contribution in [3.05, 3.63) is 56.4 Å². The van der Waals surface area contributed by atoms with Gasteiger partial charge in [-0.05, 0) is 50.1 Å². The average molecular weight is 366 g/mol. The van der Waals surface area contributed by atoms with Crippen molar-refractivity contribution in [2.24, 2.45) is 0 Å². The minimum atomic E-state index is -0.928. The third kappa shape index (κ3) is 2.19. The Morgan fingerprint density at radius 2 is 1.88 bits per heavy atom. The number of hydrogen-bond acceptors (Lipinski definition) is 2. The van der Waals surface area contributed by atoms with Crippen LogP contribution in [0.15, 0.2) is 38.0 Å². The van der Waals surface area contributed by atoms with Gasteiger partial charge in [0.25, 0.3) is 0 Å². The second-order valence-electron chi connectivity index (χ2n) is 3.16. The molecule has 0 aliphatic carbocycles. The third-order valence-corrected chi connectivity index (χ3v) is 3.36. The number of hydrogen-bond donors (Lipinski definition) is 0. The lowest BCUT2D eigenvalue weighted by molar-refractivity contribution is 0.102. The Kier molecular flexibility index (Phi) is 3.44. The molecule has 0 unspecified atom stereocenters. The largest absolute Gasteiger partial charge is 0.457 e. The number of carbonyl (C=O) groups is 1. The van der Waals surface area contributed by atoms with E-state index in [9.17, 15) is 13.6 Å². The first-order valence-corrected chi connectivity index (χ1v) is 6.02. The first-order chi connectivity index (χ1) is 8.02. The van der Waals surface area contributed by atoms with E-state index in [1.807, 2.05) is 0 Å². The zero-order chi connectivity index (χ0) is 12.6. The van der Waals surface area contributed by atoms with Gasteiger partial charge in [0.1, 0.15) is 5.82 Å². The Labute approximate surface area is 112 Å². The molecule has 0 fully saturated rings. The number of furan rings is 1. The fourth-order valence-corrected chi connectivity index (χ4v) is 2.08. The second-order valence-corrected chi connectivity index (χ2v) is 4.73. The summed E-state index contributed by atoms with van der Waals surface area (Å²) in [4.78, 5) is 11.9. The Morgan fingerprint density at radius 3 is 2.47 bits per heavy atom. The smallest absolute Gasteiger partial charge is 0.203 e. The summed E-state index contributed by atoms with van der Waals surface area (Å²) in [5, 5.41) is 0. The van der Waals surface area contributed by atoms with Gasteiger partial charge in [0.2, 0.25) is 5.78 Å². The van der Waals surface area contributed by atoms with Gasteiger partial charge in [0.15, 0.2) is 10.5 Å². The van der Waals surface area contributed by atoms with Gasteiger partial charge in [0, 0.05) is 0 Å². The summed E-state index contributed by atoms with van der Waals surface area (Å²) in [5.74, 6) is -2.62. The molecule has 2 rings (SSSR count). The van der Waals surface area contributed by atoms with Crippen LogP contribution in [0.2, 0.25) is 0 Å². The molecular formula is C11H4Br2F2O2. The molecule has 0 aliphatic rings. The lowest BCUT2D eigenvalue weighted by atomic mass is 10.1. The highest BCUT2D eigenvalue weighted by Gasteiger charge is 2.23. The maximum absolute atomic E-state index is 13.7. The van der Waals surface area contributed by atoms with Crippen LogP contribution in [0.4, 0.5) is 8.78 Å². The monoisotopic (exact) mass is 364 g/mol. The van der Waals surface area contributed by atoms with Crippen LogP contribution in [0, 0.1) is 11.6 Å². The van der Waals surface area contributed by atoms with Crippen LogP contribution in [0.25, 0.3) is 0 Å². The number of carbonyl (C=O) groups excluding carboxylic acids is 1. The summed E-state index contributed by atoms with van der Waals surface area (Å²) in [7, 11) is 0. The molecule has 2 nitrogen and oxygen atoms in total. The molecule has 6 heteroatoms. The molecule has 0 amide bonds. The van der Waals surface area contributed by atoms with E-state index in [4.69, 9.17) is 4.42 Å². The van der Waals surface area contributed by atoms with E-state index in [0.717, 1.165) is 6.07 Å². The van der Waals surface area contributed by atoms with Crippen LogP contribution in [-0.2, 0) is 0 Å². The van der Waals surface area contributed by atoms with Crippen molar-refractivity contribution in [3.63, 3.8) is 0 Å². The third-order valence-electron chi connectivity index (χ3n) is 2.13. The molecule has 2 aromatic rings. The van der Waals surface area contributed by atoms with Gasteiger partial charge in [-0.25, -0.2) is 8.78 Å². The molecule has 0 atom stereocenters. The van der Waals surface area contributed by atoms with Gasteiger partial charge in [-0.2, -0.15) is 0 Å². The van der Waals surface area contributed by atoms with Gasteiger partial charge in [-0.3, -0.25) is 4.79 Å². The highest BCUT2D eigenvalue weighted by atomic mass is 79.9. The standard InChI is InChI=1S/C11H4Br2F2O2/c12-6-1-2-7(14)8(9(6)15)10(16)5-3-4-17-11(5)13/h1-4H. The van der Waals surface area contributed by atoms with Crippen LogP contribution in [0.5, 0.6) is 0 Å². The maximum atomic E-state index is 13.7. The topological polar surface area (TPSA) is 30.2 Å². The highest BCUT2D eigenvalue weighted by molar-refractivity contribution is 9.10. The summed E-state index contributed by atoms with van der Waals surface area (Å²) in [6.45, 7) is 0. The lowest BCUT2D eigenvalue weighted by Crippen LogP contribution is -2.07. The number of benzene rings is 1. The fourth-order valence-electron chi connectivity index (χ4n) is 1.33. The molecule has 0 spiro atoms. The molecule has 1 aromatic heterocycles. The summed E-state index contributed by atoms with van der Waals surface area (Å²) < 4.78 is 32.2. The van der Waals surface area contributed by atoms with Gasteiger partial charge in [-0.15, -0.1) is 0 Å². The molecule has 1 aromatic carbocycles. The van der Waals surface area contributed by atoms with E-state index in [0.29, 0.717) is 0 Å². The Balaban J connectivity index is 2.59. The number of halogens is 4. The predicted molar refractivity (Wildman–Crippen MR) is 63.9 cm³/mol. The molecule has 0 saturated carbocycles. The zero-order valence-electron chi connectivity index (χ0n) is 8.14. The van der Waals surface area contributed by atoms with E-state index >= 15 is 0 Å².